The Morgan fingerprint density at radius 3 is 2.61 bits per heavy atom. The van der Waals surface area contributed by atoms with Gasteiger partial charge in [0.25, 0.3) is 0 Å². The van der Waals surface area contributed by atoms with Crippen molar-refractivity contribution in [3.63, 3.8) is 0 Å². The van der Waals surface area contributed by atoms with Gasteiger partial charge in [0.05, 0.1) is 7.11 Å². The standard InChI is InChI=1S/C22H30N4O2/c1-16-15-20(24-21-18(16)9-6-10-19(21)28-2)25-11-13-26(14-12-25)22(27)23-17-7-4-3-5-8-17/h6,9-10,15,17H,3-5,7-8,11-14H2,1-2H3,(H,23,27). The van der Waals surface area contributed by atoms with Crippen LogP contribution < -0.4 is 15.0 Å². The van der Waals surface area contributed by atoms with E-state index in [0.29, 0.717) is 6.04 Å². The van der Waals surface area contributed by atoms with Gasteiger partial charge < -0.3 is 19.9 Å². The number of rotatable bonds is 3. The smallest absolute Gasteiger partial charge is 0.317 e. The zero-order valence-corrected chi connectivity index (χ0v) is 16.9. The molecule has 4 rings (SSSR count). The topological polar surface area (TPSA) is 57.7 Å². The number of urea groups is 1. The number of nitrogens with one attached hydrogen (secondary N) is 1. The van der Waals surface area contributed by atoms with Crippen molar-refractivity contribution in [3.05, 3.63) is 29.8 Å². The van der Waals surface area contributed by atoms with Crippen molar-refractivity contribution in [3.8, 4) is 5.75 Å². The molecular formula is C22H30N4O2. The van der Waals surface area contributed by atoms with Gasteiger partial charge in [-0.1, -0.05) is 31.4 Å². The van der Waals surface area contributed by atoms with E-state index >= 15 is 0 Å². The van der Waals surface area contributed by atoms with E-state index in [1.54, 1.807) is 7.11 Å². The molecule has 6 nitrogen and oxygen atoms in total. The molecule has 0 atom stereocenters. The molecule has 1 N–H and O–H groups in total. The first-order chi connectivity index (χ1) is 13.7. The largest absolute Gasteiger partial charge is 0.494 e. The Balaban J connectivity index is 1.42. The van der Waals surface area contributed by atoms with E-state index in [4.69, 9.17) is 9.72 Å². The van der Waals surface area contributed by atoms with Gasteiger partial charge in [-0.3, -0.25) is 0 Å². The zero-order valence-electron chi connectivity index (χ0n) is 16.9. The highest BCUT2D eigenvalue weighted by Gasteiger charge is 2.25. The first-order valence-corrected chi connectivity index (χ1v) is 10.4. The number of hydrogen-bond donors (Lipinski definition) is 1. The molecule has 2 fully saturated rings. The van der Waals surface area contributed by atoms with Gasteiger partial charge in [-0.15, -0.1) is 0 Å². The first kappa shape index (κ1) is 18.8. The third-order valence-electron chi connectivity index (χ3n) is 6.04. The molecule has 0 unspecified atom stereocenters. The second-order valence-corrected chi connectivity index (χ2v) is 7.91. The highest BCUT2D eigenvalue weighted by atomic mass is 16.5. The van der Waals surface area contributed by atoms with Crippen LogP contribution >= 0.6 is 0 Å². The molecular weight excluding hydrogens is 352 g/mol. The third kappa shape index (κ3) is 3.86. The Morgan fingerprint density at radius 2 is 1.89 bits per heavy atom. The van der Waals surface area contributed by atoms with Gasteiger partial charge in [0, 0.05) is 37.6 Å². The lowest BCUT2D eigenvalue weighted by molar-refractivity contribution is 0.186. The van der Waals surface area contributed by atoms with Crippen molar-refractivity contribution in [2.45, 2.75) is 45.1 Å². The highest BCUT2D eigenvalue weighted by Crippen LogP contribution is 2.29. The maximum absolute atomic E-state index is 12.6. The number of aromatic nitrogens is 1. The summed E-state index contributed by atoms with van der Waals surface area (Å²) in [6, 6.07) is 8.62. The summed E-state index contributed by atoms with van der Waals surface area (Å²) >= 11 is 0. The minimum atomic E-state index is 0.0934. The van der Waals surface area contributed by atoms with Gasteiger partial charge >= 0.3 is 6.03 Å². The van der Waals surface area contributed by atoms with Crippen LogP contribution in [0.3, 0.4) is 0 Å². The predicted molar refractivity (Wildman–Crippen MR) is 112 cm³/mol. The lowest BCUT2D eigenvalue weighted by Gasteiger charge is -2.36. The maximum atomic E-state index is 12.6. The Bertz CT molecular complexity index is 840. The molecule has 1 aromatic heterocycles. The molecule has 28 heavy (non-hydrogen) atoms. The number of nitrogens with zero attached hydrogens (tertiary/aromatic N) is 3. The molecule has 1 saturated heterocycles. The van der Waals surface area contributed by atoms with Crippen LogP contribution in [0.4, 0.5) is 10.6 Å². The number of anilines is 1. The highest BCUT2D eigenvalue weighted by molar-refractivity contribution is 5.89. The van der Waals surface area contributed by atoms with Crippen LogP contribution in [0.5, 0.6) is 5.75 Å². The molecule has 2 aromatic rings. The number of carbonyl (C=O) groups is 1. The fourth-order valence-electron chi connectivity index (χ4n) is 4.35. The van der Waals surface area contributed by atoms with Crippen LogP contribution in [0, 0.1) is 6.92 Å². The molecule has 2 heterocycles. The van der Waals surface area contributed by atoms with Crippen molar-refractivity contribution in [2.24, 2.45) is 0 Å². The second kappa shape index (κ2) is 8.25. The van der Waals surface area contributed by atoms with Crippen LogP contribution in [0.1, 0.15) is 37.7 Å². The fourth-order valence-corrected chi connectivity index (χ4v) is 4.35. The van der Waals surface area contributed by atoms with Crippen molar-refractivity contribution in [1.82, 2.24) is 15.2 Å². The third-order valence-corrected chi connectivity index (χ3v) is 6.04. The number of aryl methyl sites for hydroxylation is 1. The number of ether oxygens (including phenoxy) is 1. The number of benzene rings is 1. The van der Waals surface area contributed by atoms with Crippen molar-refractivity contribution in [2.75, 3.05) is 38.2 Å². The normalized spacial score (nSPS) is 18.4. The SMILES string of the molecule is COc1cccc2c(C)cc(N3CCN(C(=O)NC4CCCCC4)CC3)nc12. The van der Waals surface area contributed by atoms with Crippen LogP contribution in [-0.2, 0) is 0 Å². The molecule has 2 amide bonds. The lowest BCUT2D eigenvalue weighted by atomic mass is 9.96. The molecule has 1 aliphatic carbocycles. The number of hydrogen-bond acceptors (Lipinski definition) is 4. The van der Waals surface area contributed by atoms with Crippen LogP contribution in [0.15, 0.2) is 24.3 Å². The van der Waals surface area contributed by atoms with Crippen LogP contribution in [0.25, 0.3) is 10.9 Å². The first-order valence-electron chi connectivity index (χ1n) is 10.4. The number of piperazine rings is 1. The van der Waals surface area contributed by atoms with Gasteiger partial charge in [0.1, 0.15) is 17.1 Å². The number of amides is 2. The quantitative estimate of drug-likeness (QED) is 0.879. The Hall–Kier alpha value is -2.50. The second-order valence-electron chi connectivity index (χ2n) is 7.91. The molecule has 2 aliphatic rings. The fraction of sp³-hybridized carbons (Fsp3) is 0.545. The average Bonchev–Trinajstić information content (AvgIpc) is 2.74. The molecule has 0 radical (unpaired) electrons. The van der Waals surface area contributed by atoms with Gasteiger partial charge in [0.15, 0.2) is 0 Å². The summed E-state index contributed by atoms with van der Waals surface area (Å²) in [5.41, 5.74) is 2.09. The van der Waals surface area contributed by atoms with Gasteiger partial charge in [-0.05, 0) is 37.5 Å². The van der Waals surface area contributed by atoms with Gasteiger partial charge in [0.2, 0.25) is 0 Å². The number of para-hydroxylation sites is 1. The van der Waals surface area contributed by atoms with E-state index in [2.05, 4.69) is 29.3 Å². The van der Waals surface area contributed by atoms with Crippen LogP contribution in [0.2, 0.25) is 0 Å². The number of fused-ring (bicyclic) bond motifs is 1. The molecule has 1 aliphatic heterocycles. The Kier molecular flexibility index (Phi) is 5.55. The molecule has 1 saturated carbocycles. The Morgan fingerprint density at radius 1 is 1.14 bits per heavy atom. The van der Waals surface area contributed by atoms with Gasteiger partial charge in [-0.25, -0.2) is 9.78 Å². The zero-order chi connectivity index (χ0) is 19.5. The molecule has 150 valence electrons. The summed E-state index contributed by atoms with van der Waals surface area (Å²) in [7, 11) is 1.68. The molecule has 1 aromatic carbocycles. The summed E-state index contributed by atoms with van der Waals surface area (Å²) in [4.78, 5) is 21.7. The van der Waals surface area contributed by atoms with E-state index in [1.165, 1.54) is 24.8 Å². The Labute approximate surface area is 166 Å². The monoisotopic (exact) mass is 382 g/mol. The van der Waals surface area contributed by atoms with Crippen molar-refractivity contribution in [1.29, 1.82) is 0 Å². The van der Waals surface area contributed by atoms with E-state index in [9.17, 15) is 4.79 Å². The van der Waals surface area contributed by atoms with Crippen molar-refractivity contribution < 1.29 is 9.53 Å². The number of methoxy groups -OCH3 is 1. The van der Waals surface area contributed by atoms with E-state index in [0.717, 1.165) is 61.5 Å². The minimum Gasteiger partial charge on any atom is -0.494 e. The summed E-state index contributed by atoms with van der Waals surface area (Å²) in [5.74, 6) is 1.76. The predicted octanol–water partition coefficient (Wildman–Crippen LogP) is 3.72. The summed E-state index contributed by atoms with van der Waals surface area (Å²) in [5, 5.41) is 4.35. The van der Waals surface area contributed by atoms with Gasteiger partial charge in [-0.2, -0.15) is 0 Å². The number of pyridine rings is 1. The average molecular weight is 383 g/mol. The van der Waals surface area contributed by atoms with E-state index in [1.807, 2.05) is 17.0 Å². The lowest BCUT2D eigenvalue weighted by Crippen LogP contribution is -2.53. The van der Waals surface area contributed by atoms with Crippen molar-refractivity contribution >= 4 is 22.8 Å². The summed E-state index contributed by atoms with van der Waals surface area (Å²) < 4.78 is 5.50. The number of carbonyl (C=O) groups excluding carboxylic acids is 1. The molecule has 0 spiro atoms. The van der Waals surface area contributed by atoms with E-state index < -0.39 is 0 Å². The molecule has 6 heteroatoms. The summed E-state index contributed by atoms with van der Waals surface area (Å²) in [6.45, 7) is 5.16. The van der Waals surface area contributed by atoms with E-state index in [-0.39, 0.29) is 6.03 Å². The van der Waals surface area contributed by atoms with Crippen LogP contribution in [-0.4, -0.2) is 55.2 Å². The molecule has 0 bridgehead atoms. The minimum absolute atomic E-state index is 0.0934. The summed E-state index contributed by atoms with van der Waals surface area (Å²) in [6.07, 6.45) is 6.00. The maximum Gasteiger partial charge on any atom is 0.317 e.